The zero-order valence-electron chi connectivity index (χ0n) is 58.2. The summed E-state index contributed by atoms with van der Waals surface area (Å²) in [6.07, 6.45) is -0.739. The third kappa shape index (κ3) is 33.9. The van der Waals surface area contributed by atoms with Crippen LogP contribution in [0.2, 0.25) is 0 Å². The van der Waals surface area contributed by atoms with E-state index in [0.717, 1.165) is 17.0 Å². The molecule has 0 radical (unpaired) electrons. The molecule has 1 aliphatic heterocycles. The Hall–Kier alpha value is -7.01. The fourth-order valence-electron chi connectivity index (χ4n) is 9.04. The molecule has 2 aromatic carbocycles. The molecule has 530 valence electrons. The Bertz CT molecular complexity index is 3030. The molecule has 2 aromatic rings. The van der Waals surface area contributed by atoms with Gasteiger partial charge in [0.2, 0.25) is 23.6 Å². The quantitative estimate of drug-likeness (QED) is 0.0207. The fourth-order valence-corrected chi connectivity index (χ4v) is 9.51. The lowest BCUT2D eigenvalue weighted by Gasteiger charge is -2.42. The molecule has 5 atom stereocenters. The Morgan fingerprint density at radius 3 is 1.41 bits per heavy atom. The summed E-state index contributed by atoms with van der Waals surface area (Å²) in [4.78, 5) is 137. The van der Waals surface area contributed by atoms with Crippen LogP contribution < -0.4 is 31.9 Å². The van der Waals surface area contributed by atoms with Crippen LogP contribution in [0, 0.1) is 5.41 Å². The van der Waals surface area contributed by atoms with Crippen LogP contribution in [0.25, 0.3) is 10.8 Å². The monoisotopic (exact) mass is 1350 g/mol. The SMILES string of the molecule is CC(C)(C)OC(=O)CC[C@H](NC(=O)NC(CCCCNC(=O)[C@H](Cc1ccc2ccccc2c1)NC(=O)[C@@H](CCC(=O)OC(C)(C)C)NC(=O)[C@@H](CCC(=O)OC(C)(C)C)NC(=O)COCC1(COS(C)(=O)=O)COC(C)(C)OC1)C(=O)OC(C)(C)C)C(=O)OC(C)(C)C. The number of urea groups is 1. The van der Waals surface area contributed by atoms with Gasteiger partial charge in [-0.05, 0) is 173 Å². The van der Waals surface area contributed by atoms with Gasteiger partial charge in [-0.15, -0.1) is 0 Å². The summed E-state index contributed by atoms with van der Waals surface area (Å²) >= 11 is 0. The summed E-state index contributed by atoms with van der Waals surface area (Å²) in [6, 6.07) is 5.02. The second kappa shape index (κ2) is 35.1. The molecule has 1 aliphatic rings. The fraction of sp³-hybridized carbons (Fsp3) is 0.697. The van der Waals surface area contributed by atoms with Crippen LogP contribution in [0.1, 0.15) is 181 Å². The Balaban J connectivity index is 1.93. The van der Waals surface area contributed by atoms with E-state index in [1.54, 1.807) is 124 Å². The van der Waals surface area contributed by atoms with E-state index in [-0.39, 0.29) is 77.7 Å². The third-order valence-corrected chi connectivity index (χ3v) is 13.8. The normalized spacial score (nSPS) is 15.9. The van der Waals surface area contributed by atoms with Crippen LogP contribution in [0.4, 0.5) is 4.79 Å². The maximum Gasteiger partial charge on any atom is 0.329 e. The van der Waals surface area contributed by atoms with Gasteiger partial charge in [0.05, 0.1) is 38.1 Å². The summed E-state index contributed by atoms with van der Waals surface area (Å²) < 4.78 is 74.0. The van der Waals surface area contributed by atoms with Gasteiger partial charge in [0.15, 0.2) is 5.79 Å². The Morgan fingerprint density at radius 1 is 0.511 bits per heavy atom. The molecule has 28 heteroatoms. The van der Waals surface area contributed by atoms with Crippen molar-refractivity contribution in [1.29, 1.82) is 0 Å². The zero-order chi connectivity index (χ0) is 71.3. The molecule has 0 saturated carbocycles. The van der Waals surface area contributed by atoms with E-state index in [4.69, 9.17) is 42.1 Å². The largest absolute Gasteiger partial charge is 0.460 e. The van der Waals surface area contributed by atoms with Crippen LogP contribution in [0.5, 0.6) is 0 Å². The molecule has 6 amide bonds. The molecule has 3 rings (SSSR count). The molecule has 6 N–H and O–H groups in total. The van der Waals surface area contributed by atoms with Crippen molar-refractivity contribution in [2.75, 3.05) is 45.8 Å². The zero-order valence-corrected chi connectivity index (χ0v) is 59.0. The van der Waals surface area contributed by atoms with Gasteiger partial charge in [-0.1, -0.05) is 42.5 Å². The smallest absolute Gasteiger partial charge is 0.329 e. The van der Waals surface area contributed by atoms with E-state index < -0.39 is 165 Å². The first-order chi connectivity index (χ1) is 43.1. The molecular formula is C66H104N6O21S. The summed E-state index contributed by atoms with van der Waals surface area (Å²) in [6.45, 7) is 26.6. The summed E-state index contributed by atoms with van der Waals surface area (Å²) in [7, 11) is -3.92. The minimum atomic E-state index is -3.92. The lowest BCUT2D eigenvalue weighted by atomic mass is 9.91. The first-order valence-electron chi connectivity index (χ1n) is 31.6. The summed E-state index contributed by atoms with van der Waals surface area (Å²) in [5.74, 6) is -8.08. The molecule has 94 heavy (non-hydrogen) atoms. The molecule has 1 saturated heterocycles. The van der Waals surface area contributed by atoms with Gasteiger partial charge in [-0.25, -0.2) is 14.4 Å². The van der Waals surface area contributed by atoms with E-state index in [0.29, 0.717) is 5.56 Å². The molecule has 1 unspecified atom stereocenters. The highest BCUT2D eigenvalue weighted by atomic mass is 32.2. The van der Waals surface area contributed by atoms with Crippen LogP contribution in [0.15, 0.2) is 42.5 Å². The van der Waals surface area contributed by atoms with Gasteiger partial charge < -0.3 is 69.8 Å². The standard InChI is InChI=1S/C66H104N6O21S/c1-60(2,3)89-51(74)31-28-45(68-50(73)37-85-38-66(41-88-94(18,83)84)39-86-65(16,17)87-40-66)55(78)69-46(29-32-52(75)90-61(4,5)6)56(79)70-49(36-42-26-27-43-23-19-20-24-44(43)35-42)54(77)67-34-22-21-25-47(57(80)92-63(10,11)12)71-59(82)72-48(58(81)93-64(13,14)15)30-33-53(76)91-62(7,8)9/h19-20,23-24,26-27,35,45-49H,21-22,25,28-34,36-41H2,1-18H3,(H,67,77)(H,68,73)(H,69,78)(H,70,79)(H2,71,72,82)/t45-,46-,47?,48+,49+/m1/s1. The van der Waals surface area contributed by atoms with E-state index in [2.05, 4.69) is 31.9 Å². The number of fused-ring (bicyclic) bond motifs is 1. The highest BCUT2D eigenvalue weighted by molar-refractivity contribution is 7.86. The average molecular weight is 1350 g/mol. The molecule has 1 heterocycles. The Morgan fingerprint density at radius 2 is 0.947 bits per heavy atom. The van der Waals surface area contributed by atoms with Crippen molar-refractivity contribution >= 4 is 80.4 Å². The maximum absolute atomic E-state index is 14.8. The van der Waals surface area contributed by atoms with E-state index in [9.17, 15) is 56.4 Å². The number of hydrogen-bond donors (Lipinski definition) is 6. The van der Waals surface area contributed by atoms with Crippen LogP contribution in [0.3, 0.4) is 0 Å². The summed E-state index contributed by atoms with van der Waals surface area (Å²) in [5.41, 5.74) is -5.13. The van der Waals surface area contributed by atoms with E-state index in [1.807, 2.05) is 36.4 Å². The highest BCUT2D eigenvalue weighted by Gasteiger charge is 2.42. The van der Waals surface area contributed by atoms with Gasteiger partial charge in [-0.3, -0.25) is 37.7 Å². The second-order valence-electron chi connectivity index (χ2n) is 29.0. The van der Waals surface area contributed by atoms with Gasteiger partial charge in [0.25, 0.3) is 10.1 Å². The number of carbonyl (C=O) groups is 10. The number of amides is 6. The van der Waals surface area contributed by atoms with Crippen LogP contribution in [-0.4, -0.2) is 178 Å². The van der Waals surface area contributed by atoms with Gasteiger partial charge in [-0.2, -0.15) is 8.42 Å². The average Bonchev–Trinajstić information content (AvgIpc) is 0.824. The topological polar surface area (TPSA) is 360 Å². The van der Waals surface area contributed by atoms with Crippen molar-refractivity contribution < 1.29 is 98.4 Å². The first-order valence-corrected chi connectivity index (χ1v) is 33.4. The summed E-state index contributed by atoms with van der Waals surface area (Å²) in [5, 5.41) is 17.7. The molecule has 0 aromatic heterocycles. The predicted octanol–water partition coefficient (Wildman–Crippen LogP) is 5.97. The van der Waals surface area contributed by atoms with E-state index in [1.165, 1.54) is 0 Å². The van der Waals surface area contributed by atoms with E-state index >= 15 is 0 Å². The number of nitrogens with one attached hydrogen (secondary N) is 6. The molecule has 27 nitrogen and oxygen atoms in total. The number of hydrogen-bond acceptors (Lipinski definition) is 21. The van der Waals surface area contributed by atoms with Gasteiger partial charge in [0, 0.05) is 32.2 Å². The highest BCUT2D eigenvalue weighted by Crippen LogP contribution is 2.31. The minimum Gasteiger partial charge on any atom is -0.460 e. The number of ether oxygens (including phenoxy) is 8. The van der Waals surface area contributed by atoms with Crippen molar-refractivity contribution in [1.82, 2.24) is 31.9 Å². The first kappa shape index (κ1) is 81.2. The van der Waals surface area contributed by atoms with Crippen molar-refractivity contribution in [3.05, 3.63) is 48.0 Å². The number of carbonyl (C=O) groups excluding carboxylic acids is 10. The number of esters is 5. The van der Waals surface area contributed by atoms with Gasteiger partial charge in [0.1, 0.15) is 64.8 Å². The third-order valence-electron chi connectivity index (χ3n) is 13.2. The van der Waals surface area contributed by atoms with Crippen LogP contribution in [-0.2, 0) is 102 Å². The molecular weight excluding hydrogens is 1240 g/mol. The molecule has 0 bridgehead atoms. The minimum absolute atomic E-state index is 0.0113. The number of rotatable bonds is 33. The lowest BCUT2D eigenvalue weighted by Crippen LogP contribution is -2.57. The predicted molar refractivity (Wildman–Crippen MR) is 347 cm³/mol. The van der Waals surface area contributed by atoms with Gasteiger partial charge >= 0.3 is 35.9 Å². The molecule has 0 spiro atoms. The molecule has 1 fully saturated rings. The molecule has 0 aliphatic carbocycles. The Labute approximate surface area is 553 Å². The second-order valence-corrected chi connectivity index (χ2v) is 30.7. The van der Waals surface area contributed by atoms with Crippen molar-refractivity contribution in [3.63, 3.8) is 0 Å². The number of benzene rings is 2. The number of unbranched alkanes of at least 4 members (excludes halogenated alkanes) is 1. The van der Waals surface area contributed by atoms with Crippen LogP contribution >= 0.6 is 0 Å². The van der Waals surface area contributed by atoms with Crippen molar-refractivity contribution in [2.24, 2.45) is 5.41 Å². The lowest BCUT2D eigenvalue weighted by molar-refractivity contribution is -0.295. The Kier molecular flexibility index (Phi) is 30.3. The van der Waals surface area contributed by atoms with Crippen molar-refractivity contribution in [3.8, 4) is 0 Å². The maximum atomic E-state index is 14.8. The van der Waals surface area contributed by atoms with Crippen molar-refractivity contribution in [2.45, 2.75) is 246 Å².